The van der Waals surface area contributed by atoms with E-state index in [1.807, 2.05) is 11.8 Å². The number of Topliss-reactive ketones (excluding diaryl/α,β-unsaturated/α-hetero) is 2. The van der Waals surface area contributed by atoms with Crippen LogP contribution in [0.2, 0.25) is 0 Å². The molecule has 6 nitrogen and oxygen atoms in total. The number of hydrogen-bond acceptors (Lipinski definition) is 8. The number of carbonyl (C=O) groups excluding carboxylic acids is 2. The van der Waals surface area contributed by atoms with Crippen LogP contribution in [-0.4, -0.2) is 47.9 Å². The first kappa shape index (κ1) is 27.0. The second kappa shape index (κ2) is 13.5. The number of ketones is 2. The second-order valence-electron chi connectivity index (χ2n) is 10.4. The van der Waals surface area contributed by atoms with Crippen molar-refractivity contribution in [2.24, 2.45) is 5.92 Å². The van der Waals surface area contributed by atoms with Crippen molar-refractivity contribution in [3.05, 3.63) is 45.9 Å². The molecule has 0 radical (unpaired) electrons. The van der Waals surface area contributed by atoms with E-state index in [0.717, 1.165) is 74.0 Å². The third-order valence-corrected chi connectivity index (χ3v) is 9.71. The molecule has 1 aromatic heterocycles. The first-order chi connectivity index (χ1) is 18.1. The van der Waals surface area contributed by atoms with Crippen molar-refractivity contribution in [1.29, 1.82) is 0 Å². The van der Waals surface area contributed by atoms with Gasteiger partial charge in [0.15, 0.2) is 17.1 Å². The van der Waals surface area contributed by atoms with Gasteiger partial charge in [0.1, 0.15) is 5.78 Å². The monoisotopic (exact) mass is 543 g/mol. The Hall–Kier alpha value is -1.58. The standard InChI is InChI=1S/C29H37NO5S2/c31-26(10-11-27(32)29-30-18-24(37-29)19-35-28-3-1-2-14-34-28)25(17-20-12-15-33-16-13-20)21-4-6-22(7-5-21)36-23-8-9-23/h4-7,18,20,23,25,28H,1-3,8-17,19H2. The molecule has 0 amide bonds. The molecule has 2 aromatic rings. The van der Waals surface area contributed by atoms with Crippen LogP contribution >= 0.6 is 23.1 Å². The Morgan fingerprint density at radius 3 is 2.57 bits per heavy atom. The molecule has 2 unspecified atom stereocenters. The average Bonchev–Trinajstić information content (AvgIpc) is 3.63. The van der Waals surface area contributed by atoms with E-state index in [1.54, 1.807) is 6.20 Å². The molecule has 3 fully saturated rings. The van der Waals surface area contributed by atoms with Gasteiger partial charge in [0.2, 0.25) is 0 Å². The van der Waals surface area contributed by atoms with Crippen LogP contribution in [0.3, 0.4) is 0 Å². The molecule has 1 aliphatic carbocycles. The largest absolute Gasteiger partial charge is 0.381 e. The Labute approximate surface area is 227 Å². The van der Waals surface area contributed by atoms with Crippen LogP contribution in [0.25, 0.3) is 0 Å². The Morgan fingerprint density at radius 2 is 1.84 bits per heavy atom. The molecule has 2 saturated heterocycles. The maximum Gasteiger partial charge on any atom is 0.191 e. The van der Waals surface area contributed by atoms with Crippen LogP contribution in [0, 0.1) is 5.92 Å². The molecule has 0 spiro atoms. The number of carbonyl (C=O) groups is 2. The maximum atomic E-state index is 13.5. The Kier molecular flexibility index (Phi) is 9.83. The number of thiazole rings is 1. The van der Waals surface area contributed by atoms with Gasteiger partial charge in [0.25, 0.3) is 0 Å². The fraction of sp³-hybridized carbons (Fsp3) is 0.621. The van der Waals surface area contributed by atoms with Crippen LogP contribution in [0.1, 0.15) is 90.4 Å². The Bertz CT molecular complexity index is 1020. The number of thioether (sulfide) groups is 1. The van der Waals surface area contributed by atoms with E-state index in [9.17, 15) is 9.59 Å². The van der Waals surface area contributed by atoms with E-state index in [2.05, 4.69) is 29.2 Å². The van der Waals surface area contributed by atoms with Gasteiger partial charge >= 0.3 is 0 Å². The predicted molar refractivity (Wildman–Crippen MR) is 145 cm³/mol. The number of aromatic nitrogens is 1. The molecule has 2 aliphatic heterocycles. The second-order valence-corrected chi connectivity index (χ2v) is 12.8. The summed E-state index contributed by atoms with van der Waals surface area (Å²) in [6, 6.07) is 8.56. The summed E-state index contributed by atoms with van der Waals surface area (Å²) < 4.78 is 17.0. The van der Waals surface area contributed by atoms with E-state index >= 15 is 0 Å². The van der Waals surface area contributed by atoms with Gasteiger partial charge in [-0.15, -0.1) is 23.1 Å². The third kappa shape index (κ3) is 8.20. The lowest BCUT2D eigenvalue weighted by Crippen LogP contribution is -2.22. The molecule has 0 N–H and O–H groups in total. The van der Waals surface area contributed by atoms with Gasteiger partial charge in [0.05, 0.1) is 11.5 Å². The highest BCUT2D eigenvalue weighted by molar-refractivity contribution is 8.00. The van der Waals surface area contributed by atoms with Crippen molar-refractivity contribution < 1.29 is 23.8 Å². The van der Waals surface area contributed by atoms with E-state index in [4.69, 9.17) is 14.2 Å². The van der Waals surface area contributed by atoms with Gasteiger partial charge in [-0.25, -0.2) is 4.98 Å². The summed E-state index contributed by atoms with van der Waals surface area (Å²) >= 11 is 3.29. The summed E-state index contributed by atoms with van der Waals surface area (Å²) in [5.41, 5.74) is 1.07. The minimum absolute atomic E-state index is 0.0699. The van der Waals surface area contributed by atoms with Crippen molar-refractivity contribution in [3.63, 3.8) is 0 Å². The summed E-state index contributed by atoms with van der Waals surface area (Å²) in [6.45, 7) is 2.68. The molecule has 2 atom stereocenters. The van der Waals surface area contributed by atoms with Gasteiger partial charge in [-0.1, -0.05) is 12.1 Å². The summed E-state index contributed by atoms with van der Waals surface area (Å²) in [7, 11) is 0. The van der Waals surface area contributed by atoms with Crippen LogP contribution in [0.5, 0.6) is 0 Å². The minimum Gasteiger partial charge on any atom is -0.381 e. The number of rotatable bonds is 13. The number of ether oxygens (including phenoxy) is 3. The highest BCUT2D eigenvalue weighted by Crippen LogP contribution is 2.40. The highest BCUT2D eigenvalue weighted by Gasteiger charge is 2.28. The van der Waals surface area contributed by atoms with Crippen LogP contribution in [-0.2, 0) is 25.6 Å². The average molecular weight is 544 g/mol. The molecule has 200 valence electrons. The van der Waals surface area contributed by atoms with Crippen molar-refractivity contribution in [3.8, 4) is 0 Å². The zero-order chi connectivity index (χ0) is 25.5. The number of hydrogen-bond donors (Lipinski definition) is 0. The molecule has 8 heteroatoms. The van der Waals surface area contributed by atoms with Crippen LogP contribution in [0.4, 0.5) is 0 Å². The summed E-state index contributed by atoms with van der Waals surface area (Å²) in [6.07, 6.45) is 10.5. The van der Waals surface area contributed by atoms with E-state index < -0.39 is 0 Å². The third-order valence-electron chi connectivity index (χ3n) is 7.35. The lowest BCUT2D eigenvalue weighted by atomic mass is 9.81. The summed E-state index contributed by atoms with van der Waals surface area (Å²) in [5, 5.41) is 1.22. The maximum absolute atomic E-state index is 13.5. The predicted octanol–water partition coefficient (Wildman–Crippen LogP) is 6.57. The molecule has 5 rings (SSSR count). The molecule has 3 heterocycles. The fourth-order valence-corrected chi connectivity index (χ4v) is 6.82. The van der Waals surface area contributed by atoms with Crippen molar-refractivity contribution >= 4 is 34.7 Å². The molecular formula is C29H37NO5S2. The molecule has 1 aromatic carbocycles. The number of benzene rings is 1. The number of nitrogens with zero attached hydrogens (tertiary/aromatic N) is 1. The Balaban J connectivity index is 1.16. The van der Waals surface area contributed by atoms with Gasteiger partial charge < -0.3 is 14.2 Å². The van der Waals surface area contributed by atoms with E-state index in [-0.39, 0.29) is 36.6 Å². The molecule has 0 bridgehead atoms. The first-order valence-electron chi connectivity index (χ1n) is 13.7. The van der Waals surface area contributed by atoms with Crippen LogP contribution < -0.4 is 0 Å². The van der Waals surface area contributed by atoms with Crippen molar-refractivity contribution in [1.82, 2.24) is 4.98 Å². The van der Waals surface area contributed by atoms with Crippen LogP contribution in [0.15, 0.2) is 35.4 Å². The normalized spacial score (nSPS) is 21.6. The zero-order valence-electron chi connectivity index (χ0n) is 21.4. The minimum atomic E-state index is -0.174. The molecule has 3 aliphatic rings. The van der Waals surface area contributed by atoms with Crippen molar-refractivity contribution in [2.45, 2.75) is 93.2 Å². The lowest BCUT2D eigenvalue weighted by Gasteiger charge is -2.26. The van der Waals surface area contributed by atoms with Crippen molar-refractivity contribution in [2.75, 3.05) is 19.8 Å². The van der Waals surface area contributed by atoms with E-state index in [1.165, 1.54) is 29.1 Å². The summed E-state index contributed by atoms with van der Waals surface area (Å²) in [5.74, 6) is 0.386. The molecular weight excluding hydrogens is 506 g/mol. The smallest absolute Gasteiger partial charge is 0.191 e. The van der Waals surface area contributed by atoms with Gasteiger partial charge in [0, 0.05) is 54.9 Å². The van der Waals surface area contributed by atoms with E-state index in [0.29, 0.717) is 17.5 Å². The quantitative estimate of drug-likeness (QED) is 0.264. The molecule has 37 heavy (non-hydrogen) atoms. The lowest BCUT2D eigenvalue weighted by molar-refractivity contribution is -0.168. The zero-order valence-corrected chi connectivity index (χ0v) is 23.0. The highest BCUT2D eigenvalue weighted by atomic mass is 32.2. The van der Waals surface area contributed by atoms with Gasteiger partial charge in [-0.2, -0.15) is 0 Å². The SMILES string of the molecule is O=C(CCC(=O)C(CC1CCOCC1)c1ccc(SC2CC2)cc1)c1ncc(COC2CCCCO2)s1. The fourth-order valence-electron chi connectivity index (χ4n) is 4.96. The first-order valence-corrected chi connectivity index (χ1v) is 15.4. The topological polar surface area (TPSA) is 74.7 Å². The summed E-state index contributed by atoms with van der Waals surface area (Å²) in [4.78, 5) is 32.8. The van der Waals surface area contributed by atoms with Gasteiger partial charge in [-0.05, 0) is 75.0 Å². The van der Waals surface area contributed by atoms with Gasteiger partial charge in [-0.3, -0.25) is 9.59 Å². The molecule has 1 saturated carbocycles. The Morgan fingerprint density at radius 1 is 1.03 bits per heavy atom.